The summed E-state index contributed by atoms with van der Waals surface area (Å²) in [7, 11) is 3.21. The van der Waals surface area contributed by atoms with Gasteiger partial charge in [-0.05, 0) is 35.5 Å². The average molecular weight is 355 g/mol. The van der Waals surface area contributed by atoms with E-state index in [1.54, 1.807) is 44.0 Å². The number of nitrogens with two attached hydrogens (primary N) is 1. The van der Waals surface area contributed by atoms with Crippen molar-refractivity contribution in [1.82, 2.24) is 30.2 Å². The van der Waals surface area contributed by atoms with Crippen LogP contribution in [0.3, 0.4) is 0 Å². The third-order valence-corrected chi connectivity index (χ3v) is 3.58. The predicted octanol–water partition coefficient (Wildman–Crippen LogP) is 0.654. The van der Waals surface area contributed by atoms with Gasteiger partial charge in [-0.1, -0.05) is 0 Å². The Balaban J connectivity index is 1.96. The molecular weight excluding hydrogens is 338 g/mol. The minimum Gasteiger partial charge on any atom is -0.494 e. The third-order valence-electron chi connectivity index (χ3n) is 3.58. The minimum absolute atomic E-state index is 0.206. The number of hydrogen-bond acceptors (Lipinski definition) is 9. The highest BCUT2D eigenvalue weighted by molar-refractivity contribution is 5.97. The van der Waals surface area contributed by atoms with E-state index in [4.69, 9.17) is 10.5 Å². The molecule has 0 aliphatic carbocycles. The van der Waals surface area contributed by atoms with Crippen molar-refractivity contribution in [2.45, 2.75) is 6.92 Å². The molecule has 2 aromatic heterocycles. The molecule has 11 nitrogen and oxygen atoms in total. The first-order valence-corrected chi connectivity index (χ1v) is 7.58. The Morgan fingerprint density at radius 3 is 2.77 bits per heavy atom. The molecule has 3 aromatic rings. The molecule has 1 amide bonds. The number of hydrogen-bond donors (Lipinski definition) is 3. The zero-order chi connectivity index (χ0) is 18.7. The Labute approximate surface area is 148 Å². The van der Waals surface area contributed by atoms with E-state index in [1.165, 1.54) is 6.20 Å². The van der Waals surface area contributed by atoms with Crippen molar-refractivity contribution in [1.29, 1.82) is 0 Å². The Morgan fingerprint density at radius 2 is 2.15 bits per heavy atom. The Morgan fingerprint density at radius 1 is 1.35 bits per heavy atom. The molecule has 0 unspecified atom stereocenters. The van der Waals surface area contributed by atoms with Crippen molar-refractivity contribution in [3.05, 3.63) is 35.8 Å². The van der Waals surface area contributed by atoms with Crippen molar-refractivity contribution < 1.29 is 9.53 Å². The number of nitrogens with one attached hydrogen (secondary N) is 2. The second kappa shape index (κ2) is 7.01. The van der Waals surface area contributed by atoms with Crippen LogP contribution < -0.4 is 21.1 Å². The van der Waals surface area contributed by atoms with Gasteiger partial charge in [0.1, 0.15) is 17.3 Å². The molecule has 3 rings (SSSR count). The molecular formula is C15H17N9O2. The van der Waals surface area contributed by atoms with Crippen molar-refractivity contribution in [3.8, 4) is 11.4 Å². The van der Waals surface area contributed by atoms with Crippen LogP contribution >= 0.6 is 0 Å². The molecule has 26 heavy (non-hydrogen) atoms. The van der Waals surface area contributed by atoms with Crippen LogP contribution in [0.15, 0.2) is 24.4 Å². The molecule has 1 aromatic carbocycles. The fourth-order valence-corrected chi connectivity index (χ4v) is 2.33. The van der Waals surface area contributed by atoms with E-state index in [9.17, 15) is 4.79 Å². The number of amides is 1. The lowest BCUT2D eigenvalue weighted by molar-refractivity contribution is 0.100. The van der Waals surface area contributed by atoms with E-state index in [2.05, 4.69) is 36.1 Å². The largest absolute Gasteiger partial charge is 0.494 e. The number of aryl methyl sites for hydroxylation is 1. The quantitative estimate of drug-likeness (QED) is 0.580. The topological polar surface area (TPSA) is 146 Å². The molecule has 0 fully saturated rings. The molecule has 4 N–H and O–H groups in total. The van der Waals surface area contributed by atoms with Gasteiger partial charge in [0, 0.05) is 18.9 Å². The first-order chi connectivity index (χ1) is 12.5. The maximum Gasteiger partial charge on any atom is 0.254 e. The van der Waals surface area contributed by atoms with Gasteiger partial charge >= 0.3 is 0 Å². The van der Waals surface area contributed by atoms with E-state index >= 15 is 0 Å². The molecule has 0 bridgehead atoms. The van der Waals surface area contributed by atoms with Gasteiger partial charge in [-0.15, -0.1) is 5.10 Å². The van der Waals surface area contributed by atoms with E-state index in [1.807, 2.05) is 0 Å². The molecule has 2 heterocycles. The van der Waals surface area contributed by atoms with E-state index in [0.29, 0.717) is 34.7 Å². The van der Waals surface area contributed by atoms with Crippen LogP contribution in [0.25, 0.3) is 5.69 Å². The lowest BCUT2D eigenvalue weighted by Gasteiger charge is -2.12. The normalized spacial score (nSPS) is 10.4. The summed E-state index contributed by atoms with van der Waals surface area (Å²) in [5, 5.41) is 17.4. The van der Waals surface area contributed by atoms with E-state index < -0.39 is 5.91 Å². The van der Waals surface area contributed by atoms with Gasteiger partial charge in [-0.25, -0.2) is 4.98 Å². The number of aromatic nitrogens is 6. The summed E-state index contributed by atoms with van der Waals surface area (Å²) >= 11 is 0. The average Bonchev–Trinajstić information content (AvgIpc) is 3.07. The molecule has 134 valence electrons. The number of carbonyl (C=O) groups is 1. The number of ether oxygens (including phenoxy) is 1. The molecule has 0 saturated heterocycles. The second-order valence-electron chi connectivity index (χ2n) is 5.22. The molecule has 0 radical (unpaired) electrons. The van der Waals surface area contributed by atoms with E-state index in [0.717, 1.165) is 0 Å². The molecule has 0 aliphatic rings. The Kier molecular flexibility index (Phi) is 4.60. The van der Waals surface area contributed by atoms with Crippen LogP contribution in [0.2, 0.25) is 0 Å². The standard InChI is InChI=1S/C15H17N9O2/c1-8-21-22-23-24(8)11-6-9(4-5-12(11)26-3)19-15-18-7-10(13(16)25)14(17-2)20-15/h4-7H,1-3H3,(H2,16,25)(H2,17,18,19,20). The maximum absolute atomic E-state index is 11.4. The van der Waals surface area contributed by atoms with Crippen LogP contribution in [0.1, 0.15) is 16.2 Å². The van der Waals surface area contributed by atoms with Gasteiger partial charge < -0.3 is 21.1 Å². The number of nitrogens with zero attached hydrogens (tertiary/aromatic N) is 6. The summed E-state index contributed by atoms with van der Waals surface area (Å²) in [6.45, 7) is 1.78. The lowest BCUT2D eigenvalue weighted by atomic mass is 10.2. The van der Waals surface area contributed by atoms with Crippen molar-refractivity contribution in [3.63, 3.8) is 0 Å². The van der Waals surface area contributed by atoms with Gasteiger partial charge in [0.05, 0.1) is 12.7 Å². The number of benzene rings is 1. The summed E-state index contributed by atoms with van der Waals surface area (Å²) in [6, 6.07) is 5.37. The number of anilines is 3. The summed E-state index contributed by atoms with van der Waals surface area (Å²) in [6.07, 6.45) is 1.36. The smallest absolute Gasteiger partial charge is 0.254 e. The summed E-state index contributed by atoms with van der Waals surface area (Å²) in [5.74, 6) is 1.23. The molecule has 0 spiro atoms. The van der Waals surface area contributed by atoms with Gasteiger partial charge in [0.25, 0.3) is 5.91 Å². The number of carbonyl (C=O) groups excluding carboxylic acids is 1. The van der Waals surface area contributed by atoms with Gasteiger partial charge in [-0.3, -0.25) is 4.79 Å². The molecule has 11 heteroatoms. The summed E-state index contributed by atoms with van der Waals surface area (Å²) in [5.41, 5.74) is 6.84. The summed E-state index contributed by atoms with van der Waals surface area (Å²) in [4.78, 5) is 19.7. The minimum atomic E-state index is -0.609. The lowest BCUT2D eigenvalue weighted by Crippen LogP contribution is -2.15. The Bertz CT molecular complexity index is 954. The van der Waals surface area contributed by atoms with Gasteiger partial charge in [0.2, 0.25) is 5.95 Å². The fourth-order valence-electron chi connectivity index (χ4n) is 2.33. The van der Waals surface area contributed by atoms with Crippen LogP contribution in [-0.2, 0) is 0 Å². The van der Waals surface area contributed by atoms with Crippen LogP contribution in [-0.4, -0.2) is 50.2 Å². The second-order valence-corrected chi connectivity index (χ2v) is 5.22. The third kappa shape index (κ3) is 3.22. The van der Waals surface area contributed by atoms with Crippen molar-refractivity contribution in [2.24, 2.45) is 5.73 Å². The summed E-state index contributed by atoms with van der Waals surface area (Å²) < 4.78 is 6.93. The maximum atomic E-state index is 11.4. The van der Waals surface area contributed by atoms with E-state index in [-0.39, 0.29) is 5.56 Å². The first-order valence-electron chi connectivity index (χ1n) is 7.58. The monoisotopic (exact) mass is 355 g/mol. The van der Waals surface area contributed by atoms with Gasteiger partial charge in [0.15, 0.2) is 5.82 Å². The highest BCUT2D eigenvalue weighted by atomic mass is 16.5. The zero-order valence-corrected chi connectivity index (χ0v) is 14.4. The number of primary amides is 1. The van der Waals surface area contributed by atoms with Crippen molar-refractivity contribution >= 4 is 23.4 Å². The zero-order valence-electron chi connectivity index (χ0n) is 14.4. The number of tetrazole rings is 1. The molecule has 0 aliphatic heterocycles. The molecule has 0 atom stereocenters. The number of methoxy groups -OCH3 is 1. The first kappa shape index (κ1) is 17.1. The Hall–Kier alpha value is -3.76. The predicted molar refractivity (Wildman–Crippen MR) is 93.8 cm³/mol. The van der Waals surface area contributed by atoms with Crippen LogP contribution in [0.5, 0.6) is 5.75 Å². The fraction of sp³-hybridized carbons (Fsp3) is 0.200. The van der Waals surface area contributed by atoms with Crippen LogP contribution in [0, 0.1) is 6.92 Å². The highest BCUT2D eigenvalue weighted by Gasteiger charge is 2.13. The van der Waals surface area contributed by atoms with Gasteiger partial charge in [-0.2, -0.15) is 9.67 Å². The highest BCUT2D eigenvalue weighted by Crippen LogP contribution is 2.27. The molecule has 0 saturated carbocycles. The van der Waals surface area contributed by atoms with Crippen molar-refractivity contribution in [2.75, 3.05) is 24.8 Å². The number of rotatable bonds is 6. The SMILES string of the molecule is CNc1nc(Nc2ccc(OC)c(-n3nnnc3C)c2)ncc1C(N)=O. The van der Waals surface area contributed by atoms with Crippen LogP contribution in [0.4, 0.5) is 17.5 Å².